The summed E-state index contributed by atoms with van der Waals surface area (Å²) < 4.78 is 27.6. The van der Waals surface area contributed by atoms with Crippen molar-refractivity contribution in [1.29, 1.82) is 0 Å². The third-order valence-corrected chi connectivity index (χ3v) is 5.69. The molecule has 1 fully saturated rings. The summed E-state index contributed by atoms with van der Waals surface area (Å²) in [6.07, 6.45) is 4.10. The average molecular weight is 310 g/mol. The second kappa shape index (κ2) is 7.38. The van der Waals surface area contributed by atoms with E-state index in [1.165, 1.54) is 0 Å². The summed E-state index contributed by atoms with van der Waals surface area (Å²) in [5.41, 5.74) is 1.10. The van der Waals surface area contributed by atoms with Gasteiger partial charge in [0.2, 0.25) is 10.0 Å². The molecule has 2 rings (SSSR count). The van der Waals surface area contributed by atoms with Gasteiger partial charge in [-0.1, -0.05) is 26.0 Å². The molecule has 5 heteroatoms. The van der Waals surface area contributed by atoms with E-state index in [9.17, 15) is 8.42 Å². The Labute approximate surface area is 128 Å². The van der Waals surface area contributed by atoms with E-state index in [4.69, 9.17) is 0 Å². The van der Waals surface area contributed by atoms with E-state index < -0.39 is 10.0 Å². The molecule has 1 aromatic carbocycles. The van der Waals surface area contributed by atoms with Gasteiger partial charge in [0.05, 0.1) is 4.90 Å². The predicted octanol–water partition coefficient (Wildman–Crippen LogP) is 2.65. The maximum Gasteiger partial charge on any atom is 0.240 e. The lowest BCUT2D eigenvalue weighted by Crippen LogP contribution is -2.37. The van der Waals surface area contributed by atoms with Crippen molar-refractivity contribution in [2.45, 2.75) is 57.0 Å². The molecule has 1 aromatic rings. The summed E-state index contributed by atoms with van der Waals surface area (Å²) >= 11 is 0. The van der Waals surface area contributed by atoms with E-state index >= 15 is 0 Å². The second-order valence-corrected chi connectivity index (χ2v) is 7.72. The molecule has 0 heterocycles. The first kappa shape index (κ1) is 16.5. The van der Waals surface area contributed by atoms with Gasteiger partial charge >= 0.3 is 0 Å². The first-order valence-electron chi connectivity index (χ1n) is 7.83. The normalized spacial score (nSPS) is 23.1. The van der Waals surface area contributed by atoms with Crippen LogP contribution in [0.4, 0.5) is 0 Å². The minimum atomic E-state index is -3.39. The number of benzene rings is 1. The van der Waals surface area contributed by atoms with E-state index in [0.717, 1.165) is 50.3 Å². The highest BCUT2D eigenvalue weighted by Crippen LogP contribution is 2.24. The van der Waals surface area contributed by atoms with Gasteiger partial charge in [0.1, 0.15) is 0 Å². The van der Waals surface area contributed by atoms with Gasteiger partial charge < -0.3 is 5.32 Å². The van der Waals surface area contributed by atoms with E-state index in [1.807, 2.05) is 19.1 Å². The topological polar surface area (TPSA) is 58.2 Å². The highest BCUT2D eigenvalue weighted by atomic mass is 32.2. The van der Waals surface area contributed by atoms with Gasteiger partial charge in [-0.15, -0.1) is 0 Å². The molecular weight excluding hydrogens is 284 g/mol. The third kappa shape index (κ3) is 4.80. The first-order valence-corrected chi connectivity index (χ1v) is 9.31. The Hall–Kier alpha value is -0.910. The largest absolute Gasteiger partial charge is 0.313 e. The molecular formula is C16H26N2O2S. The van der Waals surface area contributed by atoms with E-state index in [0.29, 0.717) is 4.90 Å². The molecule has 1 aliphatic rings. The Balaban J connectivity index is 1.98. The van der Waals surface area contributed by atoms with Crippen LogP contribution in [0.1, 0.15) is 45.1 Å². The molecule has 0 atom stereocenters. The van der Waals surface area contributed by atoms with Gasteiger partial charge in [-0.2, -0.15) is 0 Å². The number of hydrogen-bond donors (Lipinski definition) is 2. The third-order valence-electron chi connectivity index (χ3n) is 4.15. The van der Waals surface area contributed by atoms with Crippen LogP contribution in [0.2, 0.25) is 0 Å². The zero-order valence-electron chi connectivity index (χ0n) is 12.9. The lowest BCUT2D eigenvalue weighted by atomic mass is 9.88. The molecule has 0 aliphatic heterocycles. The summed E-state index contributed by atoms with van der Waals surface area (Å²) in [6, 6.07) is 7.23. The van der Waals surface area contributed by atoms with E-state index in [2.05, 4.69) is 17.0 Å². The number of nitrogens with one attached hydrogen (secondary N) is 2. The van der Waals surface area contributed by atoms with Crippen molar-refractivity contribution < 1.29 is 8.42 Å². The first-order chi connectivity index (χ1) is 10.0. The predicted molar refractivity (Wildman–Crippen MR) is 85.6 cm³/mol. The molecule has 0 amide bonds. The van der Waals surface area contributed by atoms with Crippen molar-refractivity contribution in [3.8, 4) is 0 Å². The Morgan fingerprint density at radius 1 is 1.10 bits per heavy atom. The fraction of sp³-hybridized carbons (Fsp3) is 0.625. The maximum absolute atomic E-state index is 12.4. The maximum atomic E-state index is 12.4. The van der Waals surface area contributed by atoms with Crippen LogP contribution in [0.3, 0.4) is 0 Å². The van der Waals surface area contributed by atoms with Crippen LogP contribution < -0.4 is 10.0 Å². The number of sulfonamides is 1. The van der Waals surface area contributed by atoms with Gasteiger partial charge in [0.25, 0.3) is 0 Å². The number of hydrogen-bond acceptors (Lipinski definition) is 3. The van der Waals surface area contributed by atoms with E-state index in [1.54, 1.807) is 12.1 Å². The molecule has 0 aromatic heterocycles. The van der Waals surface area contributed by atoms with Crippen LogP contribution >= 0.6 is 0 Å². The minimum absolute atomic E-state index is 0.0904. The van der Waals surface area contributed by atoms with Gasteiger partial charge in [-0.25, -0.2) is 13.1 Å². The van der Waals surface area contributed by atoms with Gasteiger partial charge in [-0.05, 0) is 55.8 Å². The second-order valence-electron chi connectivity index (χ2n) is 6.00. The molecule has 0 radical (unpaired) electrons. The lowest BCUT2D eigenvalue weighted by Gasteiger charge is -2.26. The summed E-state index contributed by atoms with van der Waals surface area (Å²) in [6.45, 7) is 5.95. The van der Waals surface area contributed by atoms with Crippen molar-refractivity contribution in [2.24, 2.45) is 5.92 Å². The van der Waals surface area contributed by atoms with Crippen molar-refractivity contribution in [3.05, 3.63) is 29.8 Å². The standard InChI is InChI=1S/C16H26N2O2S/c1-3-17-12-14-6-10-16(11-7-14)21(19,20)18-15-8-4-13(2)5-9-15/h6-7,10-11,13,15,17-18H,3-5,8-9,12H2,1-2H3. The molecule has 2 N–H and O–H groups in total. The smallest absolute Gasteiger partial charge is 0.240 e. The molecule has 118 valence electrons. The SMILES string of the molecule is CCNCc1ccc(S(=O)(=O)NC2CCC(C)CC2)cc1. The Morgan fingerprint density at radius 2 is 1.71 bits per heavy atom. The summed E-state index contributed by atoms with van der Waals surface area (Å²) in [5, 5.41) is 3.23. The van der Waals surface area contributed by atoms with Crippen molar-refractivity contribution in [3.63, 3.8) is 0 Å². The molecule has 0 spiro atoms. The zero-order valence-corrected chi connectivity index (χ0v) is 13.7. The summed E-state index contributed by atoms with van der Waals surface area (Å²) in [7, 11) is -3.39. The Morgan fingerprint density at radius 3 is 2.29 bits per heavy atom. The van der Waals surface area contributed by atoms with Crippen LogP contribution in [0.25, 0.3) is 0 Å². The quantitative estimate of drug-likeness (QED) is 0.849. The fourth-order valence-electron chi connectivity index (χ4n) is 2.72. The van der Waals surface area contributed by atoms with Crippen molar-refractivity contribution in [2.75, 3.05) is 6.54 Å². The molecule has 0 saturated heterocycles. The van der Waals surface area contributed by atoms with E-state index in [-0.39, 0.29) is 6.04 Å². The summed E-state index contributed by atoms with van der Waals surface area (Å²) in [5.74, 6) is 0.719. The highest BCUT2D eigenvalue weighted by molar-refractivity contribution is 7.89. The monoisotopic (exact) mass is 310 g/mol. The molecule has 1 aliphatic carbocycles. The molecule has 4 nitrogen and oxygen atoms in total. The number of rotatable bonds is 6. The minimum Gasteiger partial charge on any atom is -0.313 e. The van der Waals surface area contributed by atoms with Crippen LogP contribution in [-0.2, 0) is 16.6 Å². The fourth-order valence-corrected chi connectivity index (χ4v) is 4.03. The molecule has 21 heavy (non-hydrogen) atoms. The Bertz CT molecular complexity index is 532. The van der Waals surface area contributed by atoms with Gasteiger partial charge in [0, 0.05) is 12.6 Å². The van der Waals surface area contributed by atoms with Crippen LogP contribution in [-0.4, -0.2) is 21.0 Å². The average Bonchev–Trinajstić information content (AvgIpc) is 2.48. The molecule has 0 unspecified atom stereocenters. The van der Waals surface area contributed by atoms with Gasteiger partial charge in [-0.3, -0.25) is 0 Å². The van der Waals surface area contributed by atoms with Crippen LogP contribution in [0, 0.1) is 5.92 Å². The van der Waals surface area contributed by atoms with Crippen LogP contribution in [0.5, 0.6) is 0 Å². The van der Waals surface area contributed by atoms with Gasteiger partial charge in [0.15, 0.2) is 0 Å². The van der Waals surface area contributed by atoms with Crippen molar-refractivity contribution >= 4 is 10.0 Å². The Kier molecular flexibility index (Phi) is 5.79. The van der Waals surface area contributed by atoms with Crippen molar-refractivity contribution in [1.82, 2.24) is 10.0 Å². The lowest BCUT2D eigenvalue weighted by molar-refractivity contribution is 0.332. The zero-order chi connectivity index (χ0) is 15.3. The molecule has 0 bridgehead atoms. The molecule has 1 saturated carbocycles. The summed E-state index contributed by atoms with van der Waals surface area (Å²) in [4.78, 5) is 0.362. The highest BCUT2D eigenvalue weighted by Gasteiger charge is 2.23. The van der Waals surface area contributed by atoms with Crippen LogP contribution in [0.15, 0.2) is 29.2 Å².